The summed E-state index contributed by atoms with van der Waals surface area (Å²) in [7, 11) is 0. The van der Waals surface area contributed by atoms with Gasteiger partial charge in [0.1, 0.15) is 0 Å². The number of hydrogen-bond acceptors (Lipinski definition) is 2. The number of rotatable bonds is 6. The van der Waals surface area contributed by atoms with E-state index in [4.69, 9.17) is 5.11 Å². The number of hydrogen-bond donors (Lipinski definition) is 2. The third-order valence-corrected chi connectivity index (χ3v) is 2.12. The summed E-state index contributed by atoms with van der Waals surface area (Å²) >= 11 is 0. The lowest BCUT2D eigenvalue weighted by Gasteiger charge is -2.16. The summed E-state index contributed by atoms with van der Waals surface area (Å²) in [6.45, 7) is 6.50. The number of carboxylic acid groups (broad SMARTS) is 1. The maximum atomic E-state index is 10.4. The second-order valence-corrected chi connectivity index (χ2v) is 3.16. The molecule has 0 heterocycles. The van der Waals surface area contributed by atoms with Gasteiger partial charge >= 0.3 is 5.97 Å². The highest BCUT2D eigenvalue weighted by Crippen LogP contribution is 1.98. The summed E-state index contributed by atoms with van der Waals surface area (Å²) in [5, 5.41) is 11.8. The molecular weight excluding hydrogens is 154 g/mol. The zero-order valence-electron chi connectivity index (χ0n) is 8.13. The van der Waals surface area contributed by atoms with E-state index < -0.39 is 5.97 Å². The molecule has 12 heavy (non-hydrogen) atoms. The zero-order valence-corrected chi connectivity index (χ0v) is 8.13. The molecule has 0 aromatic heterocycles. The standard InChI is InChI=1S/C9H19NO2/c1-4-8(5-2)10-6-7(3)9(11)12/h7-8,10H,4-6H2,1-3H3,(H,11,12). The number of nitrogens with one attached hydrogen (secondary N) is 1. The van der Waals surface area contributed by atoms with E-state index in [1.807, 2.05) is 0 Å². The van der Waals surface area contributed by atoms with Gasteiger partial charge in [0.15, 0.2) is 0 Å². The Labute approximate surface area is 74.2 Å². The van der Waals surface area contributed by atoms with Gasteiger partial charge in [0.05, 0.1) is 5.92 Å². The number of carbonyl (C=O) groups is 1. The average Bonchev–Trinajstić information content (AvgIpc) is 2.05. The van der Waals surface area contributed by atoms with Crippen molar-refractivity contribution in [2.24, 2.45) is 5.92 Å². The molecule has 0 aliphatic rings. The van der Waals surface area contributed by atoms with E-state index in [1.165, 1.54) is 0 Å². The van der Waals surface area contributed by atoms with Gasteiger partial charge in [0.25, 0.3) is 0 Å². The lowest BCUT2D eigenvalue weighted by atomic mass is 10.1. The van der Waals surface area contributed by atoms with E-state index in [2.05, 4.69) is 19.2 Å². The molecule has 0 radical (unpaired) electrons. The molecule has 0 aliphatic carbocycles. The van der Waals surface area contributed by atoms with Gasteiger partial charge in [-0.25, -0.2) is 0 Å². The fourth-order valence-electron chi connectivity index (χ4n) is 1.01. The molecule has 0 bridgehead atoms. The molecular formula is C9H19NO2. The van der Waals surface area contributed by atoms with E-state index in [0.29, 0.717) is 12.6 Å². The second kappa shape index (κ2) is 6.00. The van der Waals surface area contributed by atoms with Crippen LogP contribution in [0.15, 0.2) is 0 Å². The van der Waals surface area contributed by atoms with Crippen LogP contribution in [-0.4, -0.2) is 23.7 Å². The molecule has 2 N–H and O–H groups in total. The SMILES string of the molecule is CCC(CC)NCC(C)C(=O)O. The first-order chi connectivity index (χ1) is 5.61. The van der Waals surface area contributed by atoms with Crippen LogP contribution < -0.4 is 5.32 Å². The molecule has 0 fully saturated rings. The maximum Gasteiger partial charge on any atom is 0.307 e. The van der Waals surface area contributed by atoms with Gasteiger partial charge in [-0.3, -0.25) is 4.79 Å². The Bertz CT molecular complexity index is 132. The predicted octanol–water partition coefficient (Wildman–Crippen LogP) is 1.49. The Hall–Kier alpha value is -0.570. The van der Waals surface area contributed by atoms with Crippen LogP contribution in [0.4, 0.5) is 0 Å². The van der Waals surface area contributed by atoms with Crippen molar-refractivity contribution in [1.82, 2.24) is 5.32 Å². The van der Waals surface area contributed by atoms with Gasteiger partial charge in [0, 0.05) is 12.6 Å². The van der Waals surface area contributed by atoms with Crippen molar-refractivity contribution in [3.8, 4) is 0 Å². The lowest BCUT2D eigenvalue weighted by molar-refractivity contribution is -0.140. The van der Waals surface area contributed by atoms with Crippen molar-refractivity contribution in [2.45, 2.75) is 39.7 Å². The first kappa shape index (κ1) is 11.4. The molecule has 0 aromatic rings. The normalized spacial score (nSPS) is 13.3. The second-order valence-electron chi connectivity index (χ2n) is 3.16. The Balaban J connectivity index is 3.58. The number of aliphatic carboxylic acids is 1. The van der Waals surface area contributed by atoms with Gasteiger partial charge in [-0.1, -0.05) is 20.8 Å². The summed E-state index contributed by atoms with van der Waals surface area (Å²) in [4.78, 5) is 10.4. The van der Waals surface area contributed by atoms with Crippen molar-refractivity contribution < 1.29 is 9.90 Å². The van der Waals surface area contributed by atoms with Gasteiger partial charge in [-0.05, 0) is 12.8 Å². The summed E-state index contributed by atoms with van der Waals surface area (Å²) < 4.78 is 0. The minimum absolute atomic E-state index is 0.286. The molecule has 0 spiro atoms. The van der Waals surface area contributed by atoms with E-state index >= 15 is 0 Å². The fraction of sp³-hybridized carbons (Fsp3) is 0.889. The Kier molecular flexibility index (Phi) is 5.72. The van der Waals surface area contributed by atoms with Crippen LogP contribution in [0.1, 0.15) is 33.6 Å². The third-order valence-electron chi connectivity index (χ3n) is 2.12. The Morgan fingerprint density at radius 1 is 1.42 bits per heavy atom. The summed E-state index contributed by atoms with van der Waals surface area (Å²) in [5.74, 6) is -1.01. The molecule has 0 saturated carbocycles. The molecule has 0 saturated heterocycles. The molecule has 0 aliphatic heterocycles. The van der Waals surface area contributed by atoms with Crippen molar-refractivity contribution >= 4 is 5.97 Å². The average molecular weight is 173 g/mol. The summed E-state index contributed by atoms with van der Waals surface area (Å²) in [5.41, 5.74) is 0. The van der Waals surface area contributed by atoms with E-state index in [-0.39, 0.29) is 5.92 Å². The van der Waals surface area contributed by atoms with Crippen molar-refractivity contribution in [2.75, 3.05) is 6.54 Å². The monoisotopic (exact) mass is 173 g/mol. The first-order valence-electron chi connectivity index (χ1n) is 4.57. The molecule has 1 atom stereocenters. The van der Waals surface area contributed by atoms with Crippen molar-refractivity contribution in [3.63, 3.8) is 0 Å². The molecule has 1 unspecified atom stereocenters. The van der Waals surface area contributed by atoms with Gasteiger partial charge < -0.3 is 10.4 Å². The van der Waals surface area contributed by atoms with Crippen LogP contribution in [0.2, 0.25) is 0 Å². The highest BCUT2D eigenvalue weighted by Gasteiger charge is 2.11. The zero-order chi connectivity index (χ0) is 9.56. The van der Waals surface area contributed by atoms with Crippen molar-refractivity contribution in [1.29, 1.82) is 0 Å². The topological polar surface area (TPSA) is 49.3 Å². The smallest absolute Gasteiger partial charge is 0.307 e. The molecule has 0 rings (SSSR count). The van der Waals surface area contributed by atoms with Gasteiger partial charge in [0.2, 0.25) is 0 Å². The molecule has 3 heteroatoms. The maximum absolute atomic E-state index is 10.4. The third kappa shape index (κ3) is 4.34. The van der Waals surface area contributed by atoms with E-state index in [0.717, 1.165) is 12.8 Å². The van der Waals surface area contributed by atoms with E-state index in [1.54, 1.807) is 6.92 Å². The van der Waals surface area contributed by atoms with Gasteiger partial charge in [-0.15, -0.1) is 0 Å². The largest absolute Gasteiger partial charge is 0.481 e. The summed E-state index contributed by atoms with van der Waals surface area (Å²) in [6.07, 6.45) is 2.12. The Morgan fingerprint density at radius 3 is 2.25 bits per heavy atom. The molecule has 3 nitrogen and oxygen atoms in total. The molecule has 0 amide bonds. The van der Waals surface area contributed by atoms with Crippen LogP contribution in [0.5, 0.6) is 0 Å². The molecule has 72 valence electrons. The molecule has 0 aromatic carbocycles. The van der Waals surface area contributed by atoms with Crippen LogP contribution >= 0.6 is 0 Å². The van der Waals surface area contributed by atoms with Crippen LogP contribution in [0.25, 0.3) is 0 Å². The summed E-state index contributed by atoms with van der Waals surface area (Å²) in [6, 6.07) is 0.465. The van der Waals surface area contributed by atoms with Crippen LogP contribution in [0.3, 0.4) is 0 Å². The predicted molar refractivity (Wildman–Crippen MR) is 49.2 cm³/mol. The van der Waals surface area contributed by atoms with Crippen molar-refractivity contribution in [3.05, 3.63) is 0 Å². The van der Waals surface area contributed by atoms with E-state index in [9.17, 15) is 4.79 Å². The highest BCUT2D eigenvalue weighted by molar-refractivity contribution is 5.69. The Morgan fingerprint density at radius 2 is 1.92 bits per heavy atom. The quantitative estimate of drug-likeness (QED) is 0.639. The van der Waals surface area contributed by atoms with Gasteiger partial charge in [-0.2, -0.15) is 0 Å². The van der Waals surface area contributed by atoms with Crippen LogP contribution in [-0.2, 0) is 4.79 Å². The highest BCUT2D eigenvalue weighted by atomic mass is 16.4. The fourth-order valence-corrected chi connectivity index (χ4v) is 1.01. The minimum atomic E-state index is -0.728. The lowest BCUT2D eigenvalue weighted by Crippen LogP contribution is -2.34. The number of carboxylic acids is 1. The van der Waals surface area contributed by atoms with Crippen LogP contribution in [0, 0.1) is 5.92 Å². The minimum Gasteiger partial charge on any atom is -0.481 e. The first-order valence-corrected chi connectivity index (χ1v) is 4.57.